The molecule has 0 aliphatic rings. The molecule has 0 atom stereocenters. The Kier molecular flexibility index (Phi) is 6.53. The predicted molar refractivity (Wildman–Crippen MR) is 97.9 cm³/mol. The lowest BCUT2D eigenvalue weighted by atomic mass is 10.1. The highest BCUT2D eigenvalue weighted by Gasteiger charge is 2.15. The van der Waals surface area contributed by atoms with E-state index in [-0.39, 0.29) is 12.0 Å². The molecule has 1 N–H and O–H groups in total. The summed E-state index contributed by atoms with van der Waals surface area (Å²) in [7, 11) is 2.99. The zero-order valence-electron chi connectivity index (χ0n) is 14.8. The van der Waals surface area contributed by atoms with Gasteiger partial charge in [0.2, 0.25) is 0 Å². The molecule has 0 aromatic heterocycles. The van der Waals surface area contributed by atoms with Gasteiger partial charge in [-0.25, -0.2) is 0 Å². The number of nitrogens with one attached hydrogen (secondary N) is 1. The van der Waals surface area contributed by atoms with E-state index < -0.39 is 0 Å². The lowest BCUT2D eigenvalue weighted by molar-refractivity contribution is 0.0950. The molecule has 0 unspecified atom stereocenters. The summed E-state index contributed by atoms with van der Waals surface area (Å²) < 4.78 is 16.0. The number of hydrogen-bond donors (Lipinski definition) is 1. The molecule has 0 aliphatic carbocycles. The van der Waals surface area contributed by atoms with Gasteiger partial charge in [-0.3, -0.25) is 4.79 Å². The summed E-state index contributed by atoms with van der Waals surface area (Å²) in [4.78, 5) is 12.4. The topological polar surface area (TPSA) is 56.8 Å². The van der Waals surface area contributed by atoms with Crippen molar-refractivity contribution in [2.45, 2.75) is 26.5 Å². The van der Waals surface area contributed by atoms with Crippen LogP contribution in [0, 0.1) is 0 Å². The first-order valence-corrected chi connectivity index (χ1v) is 8.27. The summed E-state index contributed by atoms with van der Waals surface area (Å²) in [5.74, 6) is 1.37. The first-order valence-electron chi connectivity index (χ1n) is 7.90. The Morgan fingerprint density at radius 2 is 1.80 bits per heavy atom. The second-order valence-electron chi connectivity index (χ2n) is 5.69. The second-order valence-corrected chi connectivity index (χ2v) is 6.09. The molecule has 0 fully saturated rings. The summed E-state index contributed by atoms with van der Waals surface area (Å²) in [5, 5.41) is 3.18. The number of carbonyl (C=O) groups is 1. The first kappa shape index (κ1) is 18.9. The summed E-state index contributed by atoms with van der Waals surface area (Å²) in [5.41, 5.74) is 1.37. The smallest absolute Gasteiger partial charge is 0.251 e. The molecule has 5 nitrogen and oxygen atoms in total. The van der Waals surface area contributed by atoms with Crippen molar-refractivity contribution in [3.63, 3.8) is 0 Å². The summed E-state index contributed by atoms with van der Waals surface area (Å²) in [6.45, 7) is 4.34. The molecule has 25 heavy (non-hydrogen) atoms. The normalized spacial score (nSPS) is 10.5. The highest BCUT2D eigenvalue weighted by atomic mass is 35.5. The van der Waals surface area contributed by atoms with Crippen molar-refractivity contribution < 1.29 is 19.0 Å². The standard InChI is InChI=1S/C19H22ClNO4/c1-12(2)25-15-7-5-13(6-8-15)11-21-19(22)14-9-16(20)18(24-4)17(10-14)23-3/h5-10,12H,11H2,1-4H3,(H,21,22). The van der Waals surface area contributed by atoms with E-state index in [4.69, 9.17) is 25.8 Å². The third-order valence-electron chi connectivity index (χ3n) is 3.44. The zero-order valence-corrected chi connectivity index (χ0v) is 15.5. The van der Waals surface area contributed by atoms with Gasteiger partial charge in [0.15, 0.2) is 11.5 Å². The number of amides is 1. The van der Waals surface area contributed by atoms with Crippen LogP contribution in [0.5, 0.6) is 17.2 Å². The summed E-state index contributed by atoms with van der Waals surface area (Å²) in [6, 6.07) is 10.8. The van der Waals surface area contributed by atoms with Gasteiger partial charge in [-0.2, -0.15) is 0 Å². The molecule has 0 heterocycles. The fourth-order valence-electron chi connectivity index (χ4n) is 2.29. The van der Waals surface area contributed by atoms with Crippen LogP contribution in [0.15, 0.2) is 36.4 Å². The third-order valence-corrected chi connectivity index (χ3v) is 3.72. The number of hydrogen-bond acceptors (Lipinski definition) is 4. The minimum atomic E-state index is -0.245. The number of methoxy groups -OCH3 is 2. The van der Waals surface area contributed by atoms with Crippen molar-refractivity contribution in [1.82, 2.24) is 5.32 Å². The Morgan fingerprint density at radius 3 is 2.36 bits per heavy atom. The Bertz CT molecular complexity index is 729. The first-order chi connectivity index (χ1) is 11.9. The van der Waals surface area contributed by atoms with Gasteiger partial charge in [0.25, 0.3) is 5.91 Å². The van der Waals surface area contributed by atoms with Gasteiger partial charge in [0.05, 0.1) is 25.3 Å². The molecule has 0 aliphatic heterocycles. The molecule has 0 saturated heterocycles. The number of carbonyl (C=O) groups excluding carboxylic acids is 1. The number of halogens is 1. The van der Waals surface area contributed by atoms with Gasteiger partial charge in [-0.15, -0.1) is 0 Å². The van der Waals surface area contributed by atoms with Crippen LogP contribution in [-0.2, 0) is 6.54 Å². The van der Waals surface area contributed by atoms with E-state index in [0.717, 1.165) is 11.3 Å². The summed E-state index contributed by atoms with van der Waals surface area (Å²) >= 11 is 6.13. The van der Waals surface area contributed by atoms with Gasteiger partial charge < -0.3 is 19.5 Å². The third kappa shape index (κ3) is 5.03. The number of rotatable bonds is 7. The largest absolute Gasteiger partial charge is 0.493 e. The minimum Gasteiger partial charge on any atom is -0.493 e. The monoisotopic (exact) mass is 363 g/mol. The van der Waals surface area contributed by atoms with E-state index in [1.165, 1.54) is 14.2 Å². The van der Waals surface area contributed by atoms with Crippen LogP contribution in [0.3, 0.4) is 0 Å². The molecule has 0 saturated carbocycles. The van der Waals surface area contributed by atoms with Crippen LogP contribution in [-0.4, -0.2) is 26.2 Å². The van der Waals surface area contributed by atoms with Crippen LogP contribution in [0.4, 0.5) is 0 Å². The molecule has 6 heteroatoms. The number of benzene rings is 2. The highest BCUT2D eigenvalue weighted by molar-refractivity contribution is 6.32. The van der Waals surface area contributed by atoms with Gasteiger partial charge >= 0.3 is 0 Å². The van der Waals surface area contributed by atoms with Crippen LogP contribution < -0.4 is 19.5 Å². The van der Waals surface area contributed by atoms with Crippen molar-refractivity contribution >= 4 is 17.5 Å². The Balaban J connectivity index is 2.04. The van der Waals surface area contributed by atoms with E-state index >= 15 is 0 Å². The molecule has 2 aromatic carbocycles. The molecule has 2 rings (SSSR count). The van der Waals surface area contributed by atoms with Crippen molar-refractivity contribution in [3.05, 3.63) is 52.5 Å². The zero-order chi connectivity index (χ0) is 18.4. The number of ether oxygens (including phenoxy) is 3. The molecule has 0 spiro atoms. The van der Waals surface area contributed by atoms with E-state index in [1.807, 2.05) is 38.1 Å². The van der Waals surface area contributed by atoms with E-state index in [1.54, 1.807) is 12.1 Å². The predicted octanol–water partition coefficient (Wildman–Crippen LogP) is 4.07. The Morgan fingerprint density at radius 1 is 1.12 bits per heavy atom. The molecular formula is C19H22ClNO4. The fourth-order valence-corrected chi connectivity index (χ4v) is 2.58. The average molecular weight is 364 g/mol. The molecular weight excluding hydrogens is 342 g/mol. The average Bonchev–Trinajstić information content (AvgIpc) is 2.59. The van der Waals surface area contributed by atoms with Gasteiger partial charge in [0, 0.05) is 12.1 Å². The highest BCUT2D eigenvalue weighted by Crippen LogP contribution is 2.35. The van der Waals surface area contributed by atoms with E-state index in [0.29, 0.717) is 28.6 Å². The Hall–Kier alpha value is -2.40. The van der Waals surface area contributed by atoms with E-state index in [9.17, 15) is 4.79 Å². The maximum Gasteiger partial charge on any atom is 0.251 e. The Labute approximate surface area is 152 Å². The van der Waals surface area contributed by atoms with Crippen LogP contribution >= 0.6 is 11.6 Å². The molecule has 0 radical (unpaired) electrons. The SMILES string of the molecule is COc1cc(C(=O)NCc2ccc(OC(C)C)cc2)cc(Cl)c1OC. The maximum absolute atomic E-state index is 12.4. The second kappa shape index (κ2) is 8.62. The van der Waals surface area contributed by atoms with Crippen molar-refractivity contribution in [3.8, 4) is 17.2 Å². The van der Waals surface area contributed by atoms with Gasteiger partial charge in [-0.1, -0.05) is 23.7 Å². The lowest BCUT2D eigenvalue weighted by Crippen LogP contribution is -2.22. The lowest BCUT2D eigenvalue weighted by Gasteiger charge is -2.12. The molecule has 2 aromatic rings. The molecule has 0 bridgehead atoms. The molecule has 1 amide bonds. The van der Waals surface area contributed by atoms with Crippen LogP contribution in [0.2, 0.25) is 5.02 Å². The van der Waals surface area contributed by atoms with Crippen molar-refractivity contribution in [2.75, 3.05) is 14.2 Å². The minimum absolute atomic E-state index is 0.125. The molecule has 134 valence electrons. The van der Waals surface area contributed by atoms with Crippen molar-refractivity contribution in [2.24, 2.45) is 0 Å². The maximum atomic E-state index is 12.4. The van der Waals surface area contributed by atoms with Crippen LogP contribution in [0.1, 0.15) is 29.8 Å². The summed E-state index contributed by atoms with van der Waals surface area (Å²) in [6.07, 6.45) is 0.125. The fraction of sp³-hybridized carbons (Fsp3) is 0.316. The van der Waals surface area contributed by atoms with Gasteiger partial charge in [0.1, 0.15) is 5.75 Å². The van der Waals surface area contributed by atoms with Crippen molar-refractivity contribution in [1.29, 1.82) is 0 Å². The van der Waals surface area contributed by atoms with Crippen LogP contribution in [0.25, 0.3) is 0 Å². The van der Waals surface area contributed by atoms with E-state index in [2.05, 4.69) is 5.32 Å². The van der Waals surface area contributed by atoms with Gasteiger partial charge in [-0.05, 0) is 43.7 Å². The quantitative estimate of drug-likeness (QED) is 0.805.